The molecule has 0 radical (unpaired) electrons. The van der Waals surface area contributed by atoms with Crippen LogP contribution in [0.4, 0.5) is 0 Å². The van der Waals surface area contributed by atoms with E-state index in [9.17, 15) is 4.79 Å². The van der Waals surface area contributed by atoms with Crippen LogP contribution in [0.1, 0.15) is 28.8 Å². The SMILES string of the molecule is Cc1cc(OCCCC(=O)N2CCc3sccc3C2)ccc1Cl. The molecule has 1 aromatic heterocycles. The molecule has 0 saturated heterocycles. The van der Waals surface area contributed by atoms with E-state index in [4.69, 9.17) is 16.3 Å². The van der Waals surface area contributed by atoms with Crippen LogP contribution in [0, 0.1) is 6.92 Å². The zero-order valence-electron chi connectivity index (χ0n) is 13.2. The Morgan fingerprint density at radius 1 is 1.39 bits per heavy atom. The topological polar surface area (TPSA) is 29.5 Å². The van der Waals surface area contributed by atoms with E-state index < -0.39 is 0 Å². The van der Waals surface area contributed by atoms with E-state index in [1.54, 1.807) is 11.3 Å². The first-order valence-corrected chi connectivity index (χ1v) is 9.11. The van der Waals surface area contributed by atoms with Gasteiger partial charge in [0.2, 0.25) is 5.91 Å². The highest BCUT2D eigenvalue weighted by Gasteiger charge is 2.20. The molecule has 3 rings (SSSR count). The van der Waals surface area contributed by atoms with Gasteiger partial charge in [-0.1, -0.05) is 11.6 Å². The number of halogens is 1. The van der Waals surface area contributed by atoms with Gasteiger partial charge in [-0.3, -0.25) is 4.79 Å². The van der Waals surface area contributed by atoms with E-state index in [1.807, 2.05) is 30.0 Å². The number of benzene rings is 1. The Labute approximate surface area is 145 Å². The molecule has 1 amide bonds. The summed E-state index contributed by atoms with van der Waals surface area (Å²) in [6, 6.07) is 7.75. The van der Waals surface area contributed by atoms with Crippen molar-refractivity contribution < 1.29 is 9.53 Å². The summed E-state index contributed by atoms with van der Waals surface area (Å²) in [5.41, 5.74) is 2.31. The average molecular weight is 350 g/mol. The molecule has 0 bridgehead atoms. The molecule has 1 aliphatic heterocycles. The number of hydrogen-bond acceptors (Lipinski definition) is 3. The van der Waals surface area contributed by atoms with Gasteiger partial charge in [-0.05, 0) is 60.5 Å². The smallest absolute Gasteiger partial charge is 0.223 e. The summed E-state index contributed by atoms with van der Waals surface area (Å²) < 4.78 is 5.70. The molecule has 23 heavy (non-hydrogen) atoms. The number of nitrogens with zero attached hydrogens (tertiary/aromatic N) is 1. The molecule has 1 aromatic carbocycles. The number of hydrogen-bond donors (Lipinski definition) is 0. The van der Waals surface area contributed by atoms with E-state index in [-0.39, 0.29) is 5.91 Å². The molecule has 0 atom stereocenters. The Morgan fingerprint density at radius 3 is 3.09 bits per heavy atom. The Kier molecular flexibility index (Phi) is 5.23. The second-order valence-electron chi connectivity index (χ2n) is 5.80. The number of thiophene rings is 1. The second-order valence-corrected chi connectivity index (χ2v) is 7.21. The van der Waals surface area contributed by atoms with Gasteiger partial charge in [0.05, 0.1) is 6.61 Å². The maximum atomic E-state index is 12.3. The van der Waals surface area contributed by atoms with E-state index in [1.165, 1.54) is 10.4 Å². The minimum atomic E-state index is 0.220. The molecule has 2 heterocycles. The van der Waals surface area contributed by atoms with Crippen molar-refractivity contribution >= 4 is 28.8 Å². The predicted molar refractivity (Wildman–Crippen MR) is 94.4 cm³/mol. The first-order chi connectivity index (χ1) is 11.1. The van der Waals surface area contributed by atoms with E-state index in [0.717, 1.165) is 42.3 Å². The molecule has 0 fully saturated rings. The van der Waals surface area contributed by atoms with Crippen LogP contribution < -0.4 is 4.74 Å². The molecule has 0 saturated carbocycles. The second kappa shape index (κ2) is 7.37. The van der Waals surface area contributed by atoms with Crippen LogP contribution in [-0.2, 0) is 17.8 Å². The number of fused-ring (bicyclic) bond motifs is 1. The zero-order chi connectivity index (χ0) is 16.2. The summed E-state index contributed by atoms with van der Waals surface area (Å²) in [4.78, 5) is 15.7. The van der Waals surface area contributed by atoms with Crippen molar-refractivity contribution in [2.24, 2.45) is 0 Å². The average Bonchev–Trinajstić information content (AvgIpc) is 3.02. The van der Waals surface area contributed by atoms with Crippen LogP contribution >= 0.6 is 22.9 Å². The predicted octanol–water partition coefficient (Wildman–Crippen LogP) is 4.45. The molecular weight excluding hydrogens is 330 g/mol. The highest BCUT2D eigenvalue weighted by atomic mass is 35.5. The molecule has 0 N–H and O–H groups in total. The van der Waals surface area contributed by atoms with Crippen molar-refractivity contribution in [2.75, 3.05) is 13.2 Å². The Bertz CT molecular complexity index is 698. The maximum Gasteiger partial charge on any atom is 0.223 e. The molecule has 0 aliphatic carbocycles. The molecular formula is C18H20ClNO2S. The molecule has 0 spiro atoms. The summed E-state index contributed by atoms with van der Waals surface area (Å²) in [5.74, 6) is 1.03. The van der Waals surface area contributed by atoms with E-state index >= 15 is 0 Å². The van der Waals surface area contributed by atoms with Crippen LogP contribution in [0.3, 0.4) is 0 Å². The van der Waals surface area contributed by atoms with Crippen molar-refractivity contribution in [2.45, 2.75) is 32.7 Å². The third kappa shape index (κ3) is 4.06. The lowest BCUT2D eigenvalue weighted by Gasteiger charge is -2.27. The molecule has 3 nitrogen and oxygen atoms in total. The highest BCUT2D eigenvalue weighted by molar-refractivity contribution is 7.10. The zero-order valence-corrected chi connectivity index (χ0v) is 14.8. The lowest BCUT2D eigenvalue weighted by molar-refractivity contribution is -0.132. The van der Waals surface area contributed by atoms with Gasteiger partial charge in [-0.2, -0.15) is 0 Å². The third-order valence-corrected chi connectivity index (χ3v) is 5.54. The van der Waals surface area contributed by atoms with Crippen LogP contribution in [-0.4, -0.2) is 24.0 Å². The van der Waals surface area contributed by atoms with Gasteiger partial charge in [0.15, 0.2) is 0 Å². The van der Waals surface area contributed by atoms with E-state index in [0.29, 0.717) is 13.0 Å². The summed E-state index contributed by atoms with van der Waals surface area (Å²) in [5, 5.41) is 2.85. The van der Waals surface area contributed by atoms with Gasteiger partial charge in [-0.15, -0.1) is 11.3 Å². The van der Waals surface area contributed by atoms with Crippen LogP contribution in [0.15, 0.2) is 29.6 Å². The fourth-order valence-corrected chi connectivity index (χ4v) is 3.75. The molecule has 1 aliphatic rings. The largest absolute Gasteiger partial charge is 0.494 e. The maximum absolute atomic E-state index is 12.3. The van der Waals surface area contributed by atoms with E-state index in [2.05, 4.69) is 11.4 Å². The van der Waals surface area contributed by atoms with Gasteiger partial charge in [-0.25, -0.2) is 0 Å². The van der Waals surface area contributed by atoms with Crippen LogP contribution in [0.25, 0.3) is 0 Å². The monoisotopic (exact) mass is 349 g/mol. The lowest BCUT2D eigenvalue weighted by atomic mass is 10.1. The van der Waals surface area contributed by atoms with Gasteiger partial charge < -0.3 is 9.64 Å². The van der Waals surface area contributed by atoms with Crippen molar-refractivity contribution in [3.05, 3.63) is 50.7 Å². The quantitative estimate of drug-likeness (QED) is 0.746. The van der Waals surface area contributed by atoms with Crippen molar-refractivity contribution in [1.82, 2.24) is 4.90 Å². The Balaban J connectivity index is 1.42. The van der Waals surface area contributed by atoms with Crippen LogP contribution in [0.2, 0.25) is 5.02 Å². The van der Waals surface area contributed by atoms with Gasteiger partial charge in [0.25, 0.3) is 0 Å². The molecule has 122 valence electrons. The summed E-state index contributed by atoms with van der Waals surface area (Å²) >= 11 is 7.79. The van der Waals surface area contributed by atoms with Crippen LogP contribution in [0.5, 0.6) is 5.75 Å². The normalized spacial score (nSPS) is 13.7. The van der Waals surface area contributed by atoms with Crippen molar-refractivity contribution in [3.8, 4) is 5.75 Å². The van der Waals surface area contributed by atoms with Crippen molar-refractivity contribution in [1.29, 1.82) is 0 Å². The number of carbonyl (C=O) groups is 1. The fourth-order valence-electron chi connectivity index (χ4n) is 2.74. The molecule has 2 aromatic rings. The Morgan fingerprint density at radius 2 is 2.26 bits per heavy atom. The molecule has 0 unspecified atom stereocenters. The first-order valence-electron chi connectivity index (χ1n) is 7.85. The first kappa shape index (κ1) is 16.3. The van der Waals surface area contributed by atoms with Gasteiger partial charge in [0.1, 0.15) is 5.75 Å². The van der Waals surface area contributed by atoms with Gasteiger partial charge >= 0.3 is 0 Å². The summed E-state index contributed by atoms with van der Waals surface area (Å²) in [6.45, 7) is 4.09. The number of aryl methyl sites for hydroxylation is 1. The summed E-state index contributed by atoms with van der Waals surface area (Å²) in [7, 11) is 0. The standard InChI is InChI=1S/C18H20ClNO2S/c1-13-11-15(4-5-16(13)19)22-9-2-3-18(21)20-8-6-17-14(12-20)7-10-23-17/h4-5,7,10-11H,2-3,6,8-9,12H2,1H3. The van der Waals surface area contributed by atoms with Gasteiger partial charge in [0, 0.05) is 29.4 Å². The molecule has 5 heteroatoms. The Hall–Kier alpha value is -1.52. The number of carbonyl (C=O) groups excluding carboxylic acids is 1. The minimum Gasteiger partial charge on any atom is -0.494 e. The third-order valence-electron chi connectivity index (χ3n) is 4.09. The minimum absolute atomic E-state index is 0.220. The number of rotatable bonds is 5. The lowest BCUT2D eigenvalue weighted by Crippen LogP contribution is -2.35. The number of amides is 1. The van der Waals surface area contributed by atoms with Crippen molar-refractivity contribution in [3.63, 3.8) is 0 Å². The summed E-state index contributed by atoms with van der Waals surface area (Å²) in [6.07, 6.45) is 2.25. The highest BCUT2D eigenvalue weighted by Crippen LogP contribution is 2.24. The fraction of sp³-hybridized carbons (Fsp3) is 0.389. The number of ether oxygens (including phenoxy) is 1.